The molecule has 0 heterocycles. The number of ether oxygens (including phenoxy) is 1. The van der Waals surface area contributed by atoms with Crippen LogP contribution < -0.4 is 16.0 Å². The van der Waals surface area contributed by atoms with E-state index in [1.807, 2.05) is 31.2 Å². The van der Waals surface area contributed by atoms with E-state index in [0.717, 1.165) is 20.3 Å². The number of halogens is 2. The fourth-order valence-corrected chi connectivity index (χ4v) is 2.79. The van der Waals surface area contributed by atoms with E-state index < -0.39 is 5.82 Å². The Morgan fingerprint density at radius 2 is 2.05 bits per heavy atom. The number of nitrogens with one attached hydrogen (secondary N) is 1. The Morgan fingerprint density at radius 3 is 2.65 bits per heavy atom. The van der Waals surface area contributed by atoms with E-state index in [1.54, 1.807) is 6.07 Å². The third-order valence-corrected chi connectivity index (χ3v) is 4.68. The molecule has 0 saturated heterocycles. The molecule has 106 valence electrons. The molecule has 0 aromatic heterocycles. The van der Waals surface area contributed by atoms with Crippen molar-refractivity contribution in [3.05, 3.63) is 62.5 Å². The Morgan fingerprint density at radius 1 is 1.30 bits per heavy atom. The first-order valence-electron chi connectivity index (χ1n) is 6.13. The molecular formula is C15H16FIN2O. The van der Waals surface area contributed by atoms with Crippen LogP contribution in [0.4, 0.5) is 4.39 Å². The molecule has 0 saturated carbocycles. The van der Waals surface area contributed by atoms with Gasteiger partial charge in [0, 0.05) is 3.57 Å². The molecule has 1 unspecified atom stereocenters. The van der Waals surface area contributed by atoms with Gasteiger partial charge in [-0.15, -0.1) is 0 Å². The molecule has 20 heavy (non-hydrogen) atoms. The lowest BCUT2D eigenvalue weighted by Gasteiger charge is -2.20. The second kappa shape index (κ2) is 6.51. The molecule has 0 aliphatic carbocycles. The highest BCUT2D eigenvalue weighted by molar-refractivity contribution is 14.1. The van der Waals surface area contributed by atoms with E-state index in [9.17, 15) is 4.39 Å². The molecule has 2 rings (SSSR count). The fourth-order valence-electron chi connectivity index (χ4n) is 2.12. The summed E-state index contributed by atoms with van der Waals surface area (Å²) < 4.78 is 19.9. The molecule has 2 aromatic rings. The molecule has 1 atom stereocenters. The van der Waals surface area contributed by atoms with Crippen LogP contribution in [-0.4, -0.2) is 7.11 Å². The van der Waals surface area contributed by atoms with Crippen LogP contribution in [0.1, 0.15) is 22.7 Å². The zero-order valence-electron chi connectivity index (χ0n) is 11.3. The van der Waals surface area contributed by atoms with Crippen LogP contribution in [0.15, 0.2) is 36.4 Å². The van der Waals surface area contributed by atoms with Crippen LogP contribution in [0, 0.1) is 16.3 Å². The lowest BCUT2D eigenvalue weighted by Crippen LogP contribution is -2.29. The van der Waals surface area contributed by atoms with Gasteiger partial charge in [0.2, 0.25) is 0 Å². The summed E-state index contributed by atoms with van der Waals surface area (Å²) in [7, 11) is 1.44. The monoisotopic (exact) mass is 386 g/mol. The van der Waals surface area contributed by atoms with Crippen LogP contribution in [0.25, 0.3) is 0 Å². The van der Waals surface area contributed by atoms with Gasteiger partial charge >= 0.3 is 0 Å². The topological polar surface area (TPSA) is 47.3 Å². The maximum atomic E-state index is 13.8. The highest BCUT2D eigenvalue weighted by Gasteiger charge is 2.17. The van der Waals surface area contributed by atoms with E-state index >= 15 is 0 Å². The zero-order valence-corrected chi connectivity index (χ0v) is 13.4. The number of benzene rings is 2. The molecule has 3 nitrogen and oxygen atoms in total. The van der Waals surface area contributed by atoms with E-state index in [-0.39, 0.29) is 11.8 Å². The molecule has 5 heteroatoms. The molecule has 2 aromatic carbocycles. The number of methoxy groups -OCH3 is 1. The molecule has 0 radical (unpaired) electrons. The van der Waals surface area contributed by atoms with Gasteiger partial charge in [0.1, 0.15) is 0 Å². The van der Waals surface area contributed by atoms with Crippen molar-refractivity contribution in [3.63, 3.8) is 0 Å². The van der Waals surface area contributed by atoms with Crippen LogP contribution in [0.5, 0.6) is 5.75 Å². The average Bonchev–Trinajstić information content (AvgIpc) is 2.44. The summed E-state index contributed by atoms with van der Waals surface area (Å²) in [6.45, 7) is 2.04. The number of hydrogen-bond donors (Lipinski definition) is 2. The Labute approximate surface area is 131 Å². The van der Waals surface area contributed by atoms with E-state index in [0.29, 0.717) is 0 Å². The first kappa shape index (κ1) is 15.2. The largest absolute Gasteiger partial charge is 0.494 e. The predicted octanol–water partition coefficient (Wildman–Crippen LogP) is 3.30. The summed E-state index contributed by atoms with van der Waals surface area (Å²) in [5.41, 5.74) is 5.70. The van der Waals surface area contributed by atoms with E-state index in [4.69, 9.17) is 10.6 Å². The van der Waals surface area contributed by atoms with Gasteiger partial charge in [-0.2, -0.15) is 0 Å². The standard InChI is InChI=1S/C15H16FIN2O/c1-9-4-3-5-11(14(9)17)15(19-18)10-6-7-13(20-2)12(16)8-10/h3-8,15,19H,18H2,1-2H3. The average molecular weight is 386 g/mol. The van der Waals surface area contributed by atoms with Gasteiger partial charge in [0.15, 0.2) is 11.6 Å². The molecule has 0 bridgehead atoms. The van der Waals surface area contributed by atoms with Gasteiger partial charge in [-0.3, -0.25) is 5.84 Å². The van der Waals surface area contributed by atoms with Gasteiger partial charge in [0.05, 0.1) is 13.2 Å². The van der Waals surface area contributed by atoms with Crippen molar-refractivity contribution in [2.45, 2.75) is 13.0 Å². The number of nitrogens with two attached hydrogens (primary N) is 1. The van der Waals surface area contributed by atoms with Gasteiger partial charge in [-0.1, -0.05) is 24.3 Å². The smallest absolute Gasteiger partial charge is 0.165 e. The van der Waals surface area contributed by atoms with E-state index in [1.165, 1.54) is 13.2 Å². The zero-order chi connectivity index (χ0) is 14.7. The van der Waals surface area contributed by atoms with Crippen molar-refractivity contribution in [3.8, 4) is 5.75 Å². The predicted molar refractivity (Wildman–Crippen MR) is 86.0 cm³/mol. The first-order chi connectivity index (χ1) is 9.58. The molecule has 3 N–H and O–H groups in total. The summed E-state index contributed by atoms with van der Waals surface area (Å²) in [5, 5.41) is 0. The summed E-state index contributed by atoms with van der Waals surface area (Å²) in [5.74, 6) is 5.50. The van der Waals surface area contributed by atoms with Crippen molar-refractivity contribution >= 4 is 22.6 Å². The lowest BCUT2D eigenvalue weighted by molar-refractivity contribution is 0.385. The molecule has 0 aliphatic heterocycles. The Kier molecular flexibility index (Phi) is 4.95. The summed E-state index contributed by atoms with van der Waals surface area (Å²) in [6, 6.07) is 10.6. The van der Waals surface area contributed by atoms with Gasteiger partial charge in [-0.25, -0.2) is 9.82 Å². The fraction of sp³-hybridized carbons (Fsp3) is 0.200. The van der Waals surface area contributed by atoms with Crippen LogP contribution in [0.3, 0.4) is 0 Å². The van der Waals surface area contributed by atoms with Crippen molar-refractivity contribution in [1.29, 1.82) is 0 Å². The second-order valence-corrected chi connectivity index (χ2v) is 5.55. The highest BCUT2D eigenvalue weighted by atomic mass is 127. The van der Waals surface area contributed by atoms with Gasteiger partial charge < -0.3 is 4.74 Å². The van der Waals surface area contributed by atoms with Crippen molar-refractivity contribution in [2.24, 2.45) is 5.84 Å². The third-order valence-electron chi connectivity index (χ3n) is 3.21. The minimum Gasteiger partial charge on any atom is -0.494 e. The van der Waals surface area contributed by atoms with Gasteiger partial charge in [-0.05, 0) is 58.3 Å². The van der Waals surface area contributed by atoms with Crippen LogP contribution in [-0.2, 0) is 0 Å². The molecular weight excluding hydrogens is 370 g/mol. The number of hydrogen-bond acceptors (Lipinski definition) is 3. The lowest BCUT2D eigenvalue weighted by atomic mass is 9.97. The van der Waals surface area contributed by atoms with Crippen molar-refractivity contribution < 1.29 is 9.13 Å². The molecule has 0 fully saturated rings. The van der Waals surface area contributed by atoms with Crippen molar-refractivity contribution in [2.75, 3.05) is 7.11 Å². The highest BCUT2D eigenvalue weighted by Crippen LogP contribution is 2.29. The summed E-state index contributed by atoms with van der Waals surface area (Å²) >= 11 is 2.28. The third kappa shape index (κ3) is 2.94. The number of rotatable bonds is 4. The SMILES string of the molecule is COc1ccc(C(NN)c2cccc(C)c2I)cc1F. The van der Waals surface area contributed by atoms with E-state index in [2.05, 4.69) is 28.0 Å². The quantitative estimate of drug-likeness (QED) is 0.482. The second-order valence-electron chi connectivity index (χ2n) is 4.47. The minimum atomic E-state index is -0.395. The summed E-state index contributed by atoms with van der Waals surface area (Å²) in [6.07, 6.45) is 0. The molecule has 0 amide bonds. The Hall–Kier alpha value is -1.18. The maximum Gasteiger partial charge on any atom is 0.165 e. The van der Waals surface area contributed by atoms with Gasteiger partial charge in [0.25, 0.3) is 0 Å². The Bertz CT molecular complexity index is 619. The first-order valence-corrected chi connectivity index (χ1v) is 7.21. The molecule has 0 spiro atoms. The number of aryl methyl sites for hydroxylation is 1. The minimum absolute atomic E-state index is 0.225. The Balaban J connectivity index is 2.47. The maximum absolute atomic E-state index is 13.8. The van der Waals surface area contributed by atoms with Crippen LogP contribution >= 0.6 is 22.6 Å². The summed E-state index contributed by atoms with van der Waals surface area (Å²) in [4.78, 5) is 0. The van der Waals surface area contributed by atoms with Crippen LogP contribution in [0.2, 0.25) is 0 Å². The molecule has 0 aliphatic rings. The number of hydrazine groups is 1. The normalized spacial score (nSPS) is 12.2. The van der Waals surface area contributed by atoms with Crippen molar-refractivity contribution in [1.82, 2.24) is 5.43 Å².